The second-order valence-corrected chi connectivity index (χ2v) is 8.78. The molecule has 0 aromatic heterocycles. The number of aryl methyl sites for hydroxylation is 1. The van der Waals surface area contributed by atoms with Crippen LogP contribution >= 0.6 is 29.6 Å². The summed E-state index contributed by atoms with van der Waals surface area (Å²) in [5.41, 5.74) is 0.639. The van der Waals surface area contributed by atoms with Gasteiger partial charge in [-0.15, -0.1) is 0 Å². The molecule has 0 aliphatic heterocycles. The first-order valence-electron chi connectivity index (χ1n) is 5.86. The first kappa shape index (κ1) is 17.9. The van der Waals surface area contributed by atoms with Gasteiger partial charge >= 0.3 is 18.1 Å². The third kappa shape index (κ3) is 5.02. The molecule has 0 aliphatic carbocycles. The minimum absolute atomic E-state index is 0.102. The Morgan fingerprint density at radius 2 is 2.05 bits per heavy atom. The summed E-state index contributed by atoms with van der Waals surface area (Å²) in [6.45, 7) is 3.82. The normalized spacial score (nSPS) is 12.4. The zero-order chi connectivity index (χ0) is 15.2. The van der Waals surface area contributed by atoms with Crippen LogP contribution in [0.4, 0.5) is 0 Å². The molecule has 0 spiro atoms. The Bertz CT molecular complexity index is 573. The minimum Gasteiger partial charge on any atom is -0.213 e. The maximum Gasteiger partial charge on any atom is 0.535 e. The summed E-state index contributed by atoms with van der Waals surface area (Å²) >= 11 is 0. The van der Waals surface area contributed by atoms with Gasteiger partial charge in [0.1, 0.15) is 4.90 Å². The van der Waals surface area contributed by atoms with Crippen LogP contribution in [0.1, 0.15) is 19.4 Å². The van der Waals surface area contributed by atoms with Gasteiger partial charge in [-0.1, -0.05) is 47.6 Å². The predicted octanol–water partition coefficient (Wildman–Crippen LogP) is 3.41. The van der Waals surface area contributed by atoms with Crippen molar-refractivity contribution >= 4 is 39.7 Å². The van der Waals surface area contributed by atoms with E-state index in [1.165, 1.54) is 21.6 Å². The van der Waals surface area contributed by atoms with E-state index in [0.29, 0.717) is 16.9 Å². The molecule has 0 saturated heterocycles. The highest BCUT2D eigenvalue weighted by molar-refractivity contribution is 8.76. The van der Waals surface area contributed by atoms with Crippen molar-refractivity contribution in [1.29, 1.82) is 0 Å². The van der Waals surface area contributed by atoms with E-state index >= 15 is 0 Å². The van der Waals surface area contributed by atoms with Gasteiger partial charge in [-0.05, 0) is 22.6 Å². The third-order valence-corrected chi connectivity index (χ3v) is 6.81. The molecule has 20 heavy (non-hydrogen) atoms. The Hall–Kier alpha value is -0.110. The molecule has 1 aromatic carbocycles. The van der Waals surface area contributed by atoms with E-state index < -0.39 is 24.5 Å². The molecule has 0 bridgehead atoms. The summed E-state index contributed by atoms with van der Waals surface area (Å²) in [7, 11) is -3.81. The molecule has 1 N–H and O–H groups in total. The number of benzene rings is 1. The van der Waals surface area contributed by atoms with E-state index in [1.54, 1.807) is 18.2 Å². The van der Waals surface area contributed by atoms with E-state index in [0.717, 1.165) is 5.75 Å². The fraction of sp³-hybridized carbons (Fsp3) is 0.455. The Morgan fingerprint density at radius 1 is 1.35 bits per heavy atom. The highest BCUT2D eigenvalue weighted by Crippen LogP contribution is 2.38. The third-order valence-electron chi connectivity index (χ3n) is 2.28. The highest BCUT2D eigenvalue weighted by atomic mass is 33.1. The quantitative estimate of drug-likeness (QED) is 0.435. The first-order chi connectivity index (χ1) is 9.42. The second kappa shape index (κ2) is 8.36. The van der Waals surface area contributed by atoms with Crippen molar-refractivity contribution in [3.63, 3.8) is 0 Å². The molecule has 1 atom stereocenters. The van der Waals surface area contributed by atoms with Crippen LogP contribution in [0.15, 0.2) is 28.0 Å². The van der Waals surface area contributed by atoms with Crippen molar-refractivity contribution in [2.45, 2.75) is 30.1 Å². The van der Waals surface area contributed by atoms with E-state index in [4.69, 9.17) is 4.89 Å². The minimum atomic E-state index is -4.04. The van der Waals surface area contributed by atoms with Crippen LogP contribution in [0.5, 0.6) is 0 Å². The van der Waals surface area contributed by atoms with Crippen LogP contribution in [0.2, 0.25) is 0 Å². The standard InChI is InChI=1S/C11H15O5PS3/c1-3-9-6-5-7-10(19-18-4-2)11(9)20(14,15)16-8-17(12)13/h5-7H,3-4,8H2,1-2H3/p+1. The molecule has 0 aliphatic rings. The molecule has 0 amide bonds. The van der Waals surface area contributed by atoms with Gasteiger partial charge in [0, 0.05) is 10.6 Å². The largest absolute Gasteiger partial charge is 0.535 e. The van der Waals surface area contributed by atoms with Gasteiger partial charge in [0.15, 0.2) is 0 Å². The highest BCUT2D eigenvalue weighted by Gasteiger charge is 2.27. The Morgan fingerprint density at radius 3 is 2.60 bits per heavy atom. The van der Waals surface area contributed by atoms with Crippen LogP contribution in [0.25, 0.3) is 0 Å². The summed E-state index contributed by atoms with van der Waals surface area (Å²) < 4.78 is 39.7. The Balaban J connectivity index is 3.21. The Labute approximate surface area is 127 Å². The van der Waals surface area contributed by atoms with Crippen LogP contribution in [-0.4, -0.2) is 25.4 Å². The lowest BCUT2D eigenvalue weighted by molar-refractivity contribution is 0.354. The fourth-order valence-electron chi connectivity index (χ4n) is 1.48. The first-order valence-corrected chi connectivity index (χ1v) is 11.0. The molecule has 1 aromatic rings. The average Bonchev–Trinajstić information content (AvgIpc) is 2.42. The van der Waals surface area contributed by atoms with Crippen molar-refractivity contribution in [2.75, 3.05) is 12.1 Å². The van der Waals surface area contributed by atoms with Gasteiger partial charge in [-0.25, -0.2) is 4.18 Å². The summed E-state index contributed by atoms with van der Waals surface area (Å²) in [5, 5.41) is 0. The summed E-state index contributed by atoms with van der Waals surface area (Å²) in [4.78, 5) is 9.40. The Kier molecular flexibility index (Phi) is 7.50. The van der Waals surface area contributed by atoms with Gasteiger partial charge in [-0.3, -0.25) is 0 Å². The lowest BCUT2D eigenvalue weighted by atomic mass is 10.2. The molecule has 0 saturated carbocycles. The molecule has 0 fully saturated rings. The van der Waals surface area contributed by atoms with Gasteiger partial charge in [0.25, 0.3) is 6.35 Å². The molecule has 0 radical (unpaired) electrons. The SMILES string of the molecule is CCSSc1cccc(CC)c1S(=O)(=O)OC[P+](=O)O. The lowest BCUT2D eigenvalue weighted by Gasteiger charge is -2.12. The summed E-state index contributed by atoms with van der Waals surface area (Å²) in [6, 6.07) is 5.22. The second-order valence-electron chi connectivity index (χ2n) is 3.64. The van der Waals surface area contributed by atoms with E-state index in [9.17, 15) is 13.0 Å². The van der Waals surface area contributed by atoms with Gasteiger partial charge in [-0.2, -0.15) is 13.3 Å². The molecule has 1 rings (SSSR count). The number of rotatable bonds is 8. The van der Waals surface area contributed by atoms with Gasteiger partial charge in [0.05, 0.1) is 0 Å². The van der Waals surface area contributed by atoms with Crippen molar-refractivity contribution < 1.29 is 22.1 Å². The smallest absolute Gasteiger partial charge is 0.213 e. The molecule has 9 heteroatoms. The molecular formula is C11H16O5PS3+. The monoisotopic (exact) mass is 355 g/mol. The van der Waals surface area contributed by atoms with Gasteiger partial charge in [0.2, 0.25) is 0 Å². The molecular weight excluding hydrogens is 339 g/mol. The van der Waals surface area contributed by atoms with Crippen LogP contribution < -0.4 is 0 Å². The topological polar surface area (TPSA) is 80.7 Å². The van der Waals surface area contributed by atoms with Crippen molar-refractivity contribution in [2.24, 2.45) is 0 Å². The van der Waals surface area contributed by atoms with Crippen LogP contribution in [0, 0.1) is 0 Å². The number of hydrogen-bond acceptors (Lipinski definition) is 6. The van der Waals surface area contributed by atoms with E-state index in [1.807, 2.05) is 13.8 Å². The summed E-state index contributed by atoms with van der Waals surface area (Å²) in [6.07, 6.45) is -0.185. The fourth-order valence-corrected chi connectivity index (χ4v) is 5.69. The maximum absolute atomic E-state index is 12.2. The van der Waals surface area contributed by atoms with E-state index in [-0.39, 0.29) is 4.90 Å². The zero-order valence-corrected chi connectivity index (χ0v) is 14.4. The maximum atomic E-state index is 12.2. The van der Waals surface area contributed by atoms with Crippen molar-refractivity contribution in [3.8, 4) is 0 Å². The van der Waals surface area contributed by atoms with E-state index in [2.05, 4.69) is 4.18 Å². The van der Waals surface area contributed by atoms with Crippen LogP contribution in [-0.2, 0) is 25.3 Å². The summed E-state index contributed by atoms with van der Waals surface area (Å²) in [5.74, 6) is 0.837. The molecule has 5 nitrogen and oxygen atoms in total. The van der Waals surface area contributed by atoms with Gasteiger partial charge < -0.3 is 0 Å². The molecule has 112 valence electrons. The number of hydrogen-bond donors (Lipinski definition) is 1. The van der Waals surface area contributed by atoms with Crippen molar-refractivity contribution in [1.82, 2.24) is 0 Å². The van der Waals surface area contributed by atoms with Crippen molar-refractivity contribution in [3.05, 3.63) is 23.8 Å². The predicted molar refractivity (Wildman–Crippen MR) is 82.8 cm³/mol. The zero-order valence-electron chi connectivity index (χ0n) is 11.1. The lowest BCUT2D eigenvalue weighted by Crippen LogP contribution is -2.10. The average molecular weight is 355 g/mol. The van der Waals surface area contributed by atoms with Crippen LogP contribution in [0.3, 0.4) is 0 Å². The molecule has 1 unspecified atom stereocenters. The molecule has 0 heterocycles.